The van der Waals surface area contributed by atoms with Crippen molar-refractivity contribution in [1.82, 2.24) is 5.32 Å². The molecular weight excluding hydrogens is 389 g/mol. The molecule has 0 aliphatic carbocycles. The number of hydrogen-bond acceptors (Lipinski definition) is 1. The van der Waals surface area contributed by atoms with Gasteiger partial charge in [-0.1, -0.05) is 68.6 Å². The fraction of sp³-hybridized carbons (Fsp3) is 0.200. The van der Waals surface area contributed by atoms with Gasteiger partial charge in [-0.3, -0.25) is 0 Å². The van der Waals surface area contributed by atoms with Crippen molar-refractivity contribution in [3.8, 4) is 0 Å². The summed E-state index contributed by atoms with van der Waals surface area (Å²) in [5, 5.41) is 4.26. The summed E-state index contributed by atoms with van der Waals surface area (Å²) in [5.74, 6) is 0. The molecule has 2 aromatic carbocycles. The van der Waals surface area contributed by atoms with Crippen LogP contribution in [0.1, 0.15) is 24.1 Å². The van der Waals surface area contributed by atoms with Gasteiger partial charge in [-0.25, -0.2) is 0 Å². The topological polar surface area (TPSA) is 12.0 Å². The van der Waals surface area contributed by atoms with E-state index in [1.165, 1.54) is 11.1 Å². The molecule has 0 heterocycles. The molecule has 19 heavy (non-hydrogen) atoms. The third-order valence-corrected chi connectivity index (χ3v) is 4.32. The fourth-order valence-electron chi connectivity index (χ4n) is 2.00. The lowest BCUT2D eigenvalue weighted by molar-refractivity contribution is 0.628. The lowest BCUT2D eigenvalue weighted by Gasteiger charge is -2.20. The van der Waals surface area contributed by atoms with Crippen molar-refractivity contribution in [3.63, 3.8) is 0 Å². The monoisotopic (exact) mass is 401 g/mol. The van der Waals surface area contributed by atoms with E-state index in [0.717, 1.165) is 20.5 Å². The summed E-state index contributed by atoms with van der Waals surface area (Å²) in [4.78, 5) is 0. The van der Waals surface area contributed by atoms with Crippen LogP contribution in [0.5, 0.6) is 0 Å². The molecule has 1 nitrogen and oxygen atoms in total. The van der Waals surface area contributed by atoms with E-state index in [9.17, 15) is 0 Å². The predicted molar refractivity (Wildman–Crippen MR) is 88.8 cm³/mol. The minimum atomic E-state index is 0.157. The molecule has 0 aliphatic heterocycles. The van der Waals surface area contributed by atoms with E-state index in [-0.39, 0.29) is 6.04 Å². The first-order chi connectivity index (χ1) is 9.11. The van der Waals surface area contributed by atoms with Gasteiger partial charge in [0.15, 0.2) is 0 Å². The smallest absolute Gasteiger partial charge is 0.0587 e. The molecule has 1 unspecified atom stereocenters. The molecule has 0 saturated heterocycles. The highest BCUT2D eigenvalue weighted by molar-refractivity contribution is 9.11. The highest BCUT2D eigenvalue weighted by atomic mass is 79.9. The molecule has 0 aromatic heterocycles. The van der Waals surface area contributed by atoms with Crippen LogP contribution in [0.25, 0.3) is 0 Å². The standard InChI is InChI=1S/C15H14Br2ClN/c1-2-19-15(10-3-6-12(18)7-4-10)13-8-5-11(16)9-14(13)17/h3-9,15,19H,2H2,1H3. The summed E-state index contributed by atoms with van der Waals surface area (Å²) >= 11 is 13.1. The maximum Gasteiger partial charge on any atom is 0.0587 e. The molecular formula is C15H14Br2ClN. The van der Waals surface area contributed by atoms with Crippen molar-refractivity contribution >= 4 is 43.5 Å². The molecule has 0 fully saturated rings. The second-order valence-corrected chi connectivity index (χ2v) is 6.41. The van der Waals surface area contributed by atoms with Gasteiger partial charge < -0.3 is 5.32 Å². The Balaban J connectivity index is 2.41. The van der Waals surface area contributed by atoms with Gasteiger partial charge in [0.05, 0.1) is 6.04 Å². The Morgan fingerprint density at radius 3 is 2.37 bits per heavy atom. The number of rotatable bonds is 4. The van der Waals surface area contributed by atoms with Crippen LogP contribution >= 0.6 is 43.5 Å². The quantitative estimate of drug-likeness (QED) is 0.704. The number of hydrogen-bond donors (Lipinski definition) is 1. The SMILES string of the molecule is CCNC(c1ccc(Cl)cc1)c1ccc(Br)cc1Br. The second kappa shape index (κ2) is 6.89. The van der Waals surface area contributed by atoms with Gasteiger partial charge >= 0.3 is 0 Å². The lowest BCUT2D eigenvalue weighted by atomic mass is 9.99. The van der Waals surface area contributed by atoms with Crippen LogP contribution in [0.3, 0.4) is 0 Å². The van der Waals surface area contributed by atoms with Crippen LogP contribution in [0.15, 0.2) is 51.4 Å². The van der Waals surface area contributed by atoms with Crippen molar-refractivity contribution in [1.29, 1.82) is 0 Å². The van der Waals surface area contributed by atoms with Crippen LogP contribution in [0, 0.1) is 0 Å². The van der Waals surface area contributed by atoms with Gasteiger partial charge in [0, 0.05) is 14.0 Å². The van der Waals surface area contributed by atoms with E-state index in [1.54, 1.807) is 0 Å². The van der Waals surface area contributed by atoms with Crippen molar-refractivity contribution in [2.75, 3.05) is 6.54 Å². The van der Waals surface area contributed by atoms with Crippen molar-refractivity contribution < 1.29 is 0 Å². The Labute approximate surface area is 135 Å². The van der Waals surface area contributed by atoms with E-state index >= 15 is 0 Å². The van der Waals surface area contributed by atoms with Crippen LogP contribution in [0.4, 0.5) is 0 Å². The fourth-order valence-corrected chi connectivity index (χ4v) is 3.40. The van der Waals surface area contributed by atoms with E-state index < -0.39 is 0 Å². The summed E-state index contributed by atoms with van der Waals surface area (Å²) in [7, 11) is 0. The van der Waals surface area contributed by atoms with Crippen LogP contribution in [-0.4, -0.2) is 6.54 Å². The Kier molecular flexibility index (Phi) is 5.46. The number of halogens is 3. The minimum absolute atomic E-state index is 0.157. The summed E-state index contributed by atoms with van der Waals surface area (Å²) < 4.78 is 2.15. The normalized spacial score (nSPS) is 12.4. The lowest BCUT2D eigenvalue weighted by Crippen LogP contribution is -2.22. The van der Waals surface area contributed by atoms with Crippen molar-refractivity contribution in [3.05, 3.63) is 67.6 Å². The summed E-state index contributed by atoms with van der Waals surface area (Å²) in [5.41, 5.74) is 2.42. The van der Waals surface area contributed by atoms with Crippen LogP contribution < -0.4 is 5.32 Å². The molecule has 4 heteroatoms. The van der Waals surface area contributed by atoms with Gasteiger partial charge in [0.25, 0.3) is 0 Å². The molecule has 1 atom stereocenters. The number of nitrogens with one attached hydrogen (secondary N) is 1. The highest BCUT2D eigenvalue weighted by Crippen LogP contribution is 2.31. The van der Waals surface area contributed by atoms with E-state index in [2.05, 4.69) is 74.4 Å². The summed E-state index contributed by atoms with van der Waals surface area (Å²) in [6, 6.07) is 14.4. The van der Waals surface area contributed by atoms with Crippen LogP contribution in [-0.2, 0) is 0 Å². The average molecular weight is 404 g/mol. The Morgan fingerprint density at radius 2 is 1.79 bits per heavy atom. The third-order valence-electron chi connectivity index (χ3n) is 2.89. The van der Waals surface area contributed by atoms with E-state index in [1.807, 2.05) is 12.1 Å². The molecule has 0 aliphatic rings. The average Bonchev–Trinajstić information content (AvgIpc) is 2.38. The molecule has 0 amide bonds. The maximum absolute atomic E-state index is 5.96. The molecule has 1 N–H and O–H groups in total. The molecule has 0 spiro atoms. The Hall–Kier alpha value is -0.350. The second-order valence-electron chi connectivity index (χ2n) is 4.21. The van der Waals surface area contributed by atoms with Crippen molar-refractivity contribution in [2.45, 2.75) is 13.0 Å². The van der Waals surface area contributed by atoms with E-state index in [0.29, 0.717) is 0 Å². The largest absolute Gasteiger partial charge is 0.306 e. The van der Waals surface area contributed by atoms with Crippen LogP contribution in [0.2, 0.25) is 5.02 Å². The third kappa shape index (κ3) is 3.82. The van der Waals surface area contributed by atoms with Gasteiger partial charge in [0.2, 0.25) is 0 Å². The van der Waals surface area contributed by atoms with Gasteiger partial charge in [0.1, 0.15) is 0 Å². The Morgan fingerprint density at radius 1 is 1.11 bits per heavy atom. The first-order valence-corrected chi connectivity index (χ1v) is 8.02. The molecule has 2 aromatic rings. The van der Waals surface area contributed by atoms with Gasteiger partial charge in [-0.2, -0.15) is 0 Å². The molecule has 0 bridgehead atoms. The van der Waals surface area contributed by atoms with Gasteiger partial charge in [-0.15, -0.1) is 0 Å². The van der Waals surface area contributed by atoms with E-state index in [4.69, 9.17) is 11.6 Å². The molecule has 0 radical (unpaired) electrons. The minimum Gasteiger partial charge on any atom is -0.306 e. The molecule has 2 rings (SSSR count). The molecule has 100 valence electrons. The zero-order valence-corrected chi connectivity index (χ0v) is 14.4. The maximum atomic E-state index is 5.96. The molecule has 0 saturated carbocycles. The number of benzene rings is 2. The zero-order valence-electron chi connectivity index (χ0n) is 10.5. The van der Waals surface area contributed by atoms with Crippen molar-refractivity contribution in [2.24, 2.45) is 0 Å². The zero-order chi connectivity index (χ0) is 13.8. The van der Waals surface area contributed by atoms with Gasteiger partial charge in [-0.05, 0) is 41.9 Å². The summed E-state index contributed by atoms with van der Waals surface area (Å²) in [6.07, 6.45) is 0. The summed E-state index contributed by atoms with van der Waals surface area (Å²) in [6.45, 7) is 3.01. The predicted octanol–water partition coefficient (Wildman–Crippen LogP) is 5.56. The first-order valence-electron chi connectivity index (χ1n) is 6.05. The highest BCUT2D eigenvalue weighted by Gasteiger charge is 2.15. The first kappa shape index (κ1) is 15.0. The Bertz CT molecular complexity index is 555.